The average Bonchev–Trinajstić information content (AvgIpc) is 2.36. The second kappa shape index (κ2) is 6.02. The smallest absolute Gasteiger partial charge is 0.238 e. The fourth-order valence-electron chi connectivity index (χ4n) is 1.32. The van der Waals surface area contributed by atoms with Crippen LogP contribution in [0.5, 0.6) is 17.4 Å². The zero-order chi connectivity index (χ0) is 13.0. The Labute approximate surface area is 118 Å². The van der Waals surface area contributed by atoms with E-state index in [9.17, 15) is 0 Å². The van der Waals surface area contributed by atoms with E-state index in [0.717, 1.165) is 0 Å². The van der Waals surface area contributed by atoms with Crippen molar-refractivity contribution < 1.29 is 9.47 Å². The summed E-state index contributed by atoms with van der Waals surface area (Å²) in [4.78, 5) is 7.83. The van der Waals surface area contributed by atoms with E-state index in [4.69, 9.17) is 21.1 Å². The van der Waals surface area contributed by atoms with E-state index in [2.05, 4.69) is 25.9 Å². The molecule has 1 aromatic carbocycles. The molecule has 0 amide bonds. The van der Waals surface area contributed by atoms with Gasteiger partial charge in [0.25, 0.3) is 0 Å². The molecule has 0 aliphatic carbocycles. The summed E-state index contributed by atoms with van der Waals surface area (Å²) in [6.45, 7) is 2.47. The van der Waals surface area contributed by atoms with Gasteiger partial charge in [-0.15, -0.1) is 0 Å². The molecule has 0 saturated carbocycles. The highest BCUT2D eigenvalue weighted by Crippen LogP contribution is 2.33. The molecule has 18 heavy (non-hydrogen) atoms. The molecule has 0 radical (unpaired) electrons. The Balaban J connectivity index is 2.30. The number of rotatable bonds is 4. The van der Waals surface area contributed by atoms with Crippen LogP contribution in [0.15, 0.2) is 34.9 Å². The summed E-state index contributed by atoms with van der Waals surface area (Å²) >= 11 is 9.03. The van der Waals surface area contributed by atoms with Gasteiger partial charge in [0, 0.05) is 6.20 Å². The van der Waals surface area contributed by atoms with Crippen LogP contribution in [0.4, 0.5) is 0 Å². The summed E-state index contributed by atoms with van der Waals surface area (Å²) in [6, 6.07) is 7.36. The molecule has 0 unspecified atom stereocenters. The Bertz CT molecular complexity index is 551. The van der Waals surface area contributed by atoms with Crippen LogP contribution in [0, 0.1) is 0 Å². The van der Waals surface area contributed by atoms with Crippen molar-refractivity contribution in [2.75, 3.05) is 6.61 Å². The van der Waals surface area contributed by atoms with Crippen molar-refractivity contribution in [2.45, 2.75) is 6.92 Å². The summed E-state index contributed by atoms with van der Waals surface area (Å²) < 4.78 is 11.8. The fraction of sp³-hybridized carbons (Fsp3) is 0.167. The highest BCUT2D eigenvalue weighted by Gasteiger charge is 2.10. The summed E-state index contributed by atoms with van der Waals surface area (Å²) in [7, 11) is 0. The van der Waals surface area contributed by atoms with Crippen molar-refractivity contribution >= 4 is 27.5 Å². The molecule has 0 aliphatic rings. The van der Waals surface area contributed by atoms with E-state index in [1.165, 1.54) is 6.20 Å². The second-order valence-electron chi connectivity index (χ2n) is 3.27. The Morgan fingerprint density at radius 2 is 2.00 bits per heavy atom. The van der Waals surface area contributed by atoms with Crippen molar-refractivity contribution in [3.8, 4) is 17.4 Å². The Morgan fingerprint density at radius 1 is 1.28 bits per heavy atom. The van der Waals surface area contributed by atoms with Gasteiger partial charge >= 0.3 is 0 Å². The first-order valence-corrected chi connectivity index (χ1v) is 6.45. The lowest BCUT2D eigenvalue weighted by molar-refractivity contribution is 0.319. The molecular weight excluding hydrogens is 320 g/mol. The number of aromatic nitrogens is 2. The van der Waals surface area contributed by atoms with Crippen LogP contribution in [0.1, 0.15) is 6.92 Å². The number of nitrogens with zero attached hydrogens (tertiary/aromatic N) is 2. The van der Waals surface area contributed by atoms with E-state index in [-0.39, 0.29) is 5.28 Å². The van der Waals surface area contributed by atoms with Crippen molar-refractivity contribution in [1.29, 1.82) is 0 Å². The maximum Gasteiger partial charge on any atom is 0.238 e. The third-order valence-corrected chi connectivity index (χ3v) is 2.76. The second-order valence-corrected chi connectivity index (χ2v) is 4.47. The van der Waals surface area contributed by atoms with E-state index >= 15 is 0 Å². The molecule has 4 nitrogen and oxygen atoms in total. The minimum Gasteiger partial charge on any atom is -0.490 e. The van der Waals surface area contributed by atoms with Crippen LogP contribution in [-0.2, 0) is 0 Å². The topological polar surface area (TPSA) is 44.2 Å². The third kappa shape index (κ3) is 3.11. The van der Waals surface area contributed by atoms with Crippen LogP contribution in [0.2, 0.25) is 5.28 Å². The first-order valence-electron chi connectivity index (χ1n) is 5.28. The molecule has 0 spiro atoms. The summed E-state index contributed by atoms with van der Waals surface area (Å²) in [5.41, 5.74) is 0. The quantitative estimate of drug-likeness (QED) is 0.793. The molecule has 2 aromatic rings. The molecule has 0 saturated heterocycles. The van der Waals surface area contributed by atoms with E-state index in [1.54, 1.807) is 6.07 Å². The SMILES string of the molecule is CCOc1ccccc1Oc1nc(Cl)ncc1Br. The van der Waals surface area contributed by atoms with Gasteiger partial charge in [0.15, 0.2) is 11.5 Å². The van der Waals surface area contributed by atoms with Gasteiger partial charge in [-0.25, -0.2) is 4.98 Å². The highest BCUT2D eigenvalue weighted by atomic mass is 79.9. The Kier molecular flexibility index (Phi) is 4.38. The summed E-state index contributed by atoms with van der Waals surface area (Å²) in [5, 5.41) is 0.127. The van der Waals surface area contributed by atoms with E-state index in [1.807, 2.05) is 25.1 Å². The van der Waals surface area contributed by atoms with Crippen LogP contribution in [0.25, 0.3) is 0 Å². The molecule has 94 valence electrons. The normalized spacial score (nSPS) is 10.2. The highest BCUT2D eigenvalue weighted by molar-refractivity contribution is 9.10. The minimum absolute atomic E-state index is 0.127. The fourth-order valence-corrected chi connectivity index (χ4v) is 1.71. The maximum absolute atomic E-state index is 5.73. The number of benzene rings is 1. The lowest BCUT2D eigenvalue weighted by Crippen LogP contribution is -1.96. The maximum atomic E-state index is 5.73. The van der Waals surface area contributed by atoms with Gasteiger partial charge in [-0.05, 0) is 46.6 Å². The predicted molar refractivity (Wildman–Crippen MR) is 72.4 cm³/mol. The van der Waals surface area contributed by atoms with Gasteiger partial charge in [0.05, 0.1) is 11.1 Å². The zero-order valence-corrected chi connectivity index (χ0v) is 11.9. The number of para-hydroxylation sites is 2. The Morgan fingerprint density at radius 3 is 2.72 bits per heavy atom. The first kappa shape index (κ1) is 13.1. The molecule has 0 bridgehead atoms. The van der Waals surface area contributed by atoms with Gasteiger partial charge in [0.1, 0.15) is 0 Å². The van der Waals surface area contributed by atoms with E-state index < -0.39 is 0 Å². The van der Waals surface area contributed by atoms with Crippen molar-refractivity contribution in [2.24, 2.45) is 0 Å². The molecule has 2 rings (SSSR count). The molecule has 1 heterocycles. The third-order valence-electron chi connectivity index (χ3n) is 2.04. The molecule has 6 heteroatoms. The number of hydrogen-bond donors (Lipinski definition) is 0. The standard InChI is InChI=1S/C12H10BrClN2O2/c1-2-17-9-5-3-4-6-10(9)18-11-8(13)7-15-12(14)16-11/h3-7H,2H2,1H3. The van der Waals surface area contributed by atoms with Crippen LogP contribution in [0.3, 0.4) is 0 Å². The number of halogens is 2. The van der Waals surface area contributed by atoms with Crippen LogP contribution in [-0.4, -0.2) is 16.6 Å². The van der Waals surface area contributed by atoms with Gasteiger partial charge < -0.3 is 9.47 Å². The summed E-state index contributed by atoms with van der Waals surface area (Å²) in [6.07, 6.45) is 1.54. The molecule has 0 aliphatic heterocycles. The monoisotopic (exact) mass is 328 g/mol. The molecular formula is C12H10BrClN2O2. The lowest BCUT2D eigenvalue weighted by atomic mass is 10.3. The average molecular weight is 330 g/mol. The number of ether oxygens (including phenoxy) is 2. The summed E-state index contributed by atoms with van der Waals surface area (Å²) in [5.74, 6) is 1.58. The first-order chi connectivity index (χ1) is 8.70. The van der Waals surface area contributed by atoms with Gasteiger partial charge in [-0.1, -0.05) is 12.1 Å². The zero-order valence-electron chi connectivity index (χ0n) is 9.56. The Hall–Kier alpha value is -1.33. The van der Waals surface area contributed by atoms with E-state index in [0.29, 0.717) is 28.5 Å². The molecule has 0 N–H and O–H groups in total. The van der Waals surface area contributed by atoms with Crippen molar-refractivity contribution in [1.82, 2.24) is 9.97 Å². The van der Waals surface area contributed by atoms with Crippen molar-refractivity contribution in [3.63, 3.8) is 0 Å². The molecule has 0 atom stereocenters. The van der Waals surface area contributed by atoms with Crippen LogP contribution < -0.4 is 9.47 Å². The van der Waals surface area contributed by atoms with Crippen molar-refractivity contribution in [3.05, 3.63) is 40.2 Å². The largest absolute Gasteiger partial charge is 0.490 e. The van der Waals surface area contributed by atoms with Crippen LogP contribution >= 0.6 is 27.5 Å². The molecule has 0 fully saturated rings. The number of hydrogen-bond acceptors (Lipinski definition) is 4. The minimum atomic E-state index is 0.127. The van der Waals surface area contributed by atoms with Gasteiger partial charge in [0.2, 0.25) is 11.2 Å². The lowest BCUT2D eigenvalue weighted by Gasteiger charge is -2.11. The molecule has 1 aromatic heterocycles. The predicted octanol–water partition coefficient (Wildman–Crippen LogP) is 4.08. The van der Waals surface area contributed by atoms with Gasteiger partial charge in [-0.3, -0.25) is 0 Å². The van der Waals surface area contributed by atoms with Gasteiger partial charge in [-0.2, -0.15) is 4.98 Å².